The van der Waals surface area contributed by atoms with Crippen molar-refractivity contribution in [1.82, 2.24) is 0 Å². The predicted molar refractivity (Wildman–Crippen MR) is 59.9 cm³/mol. The number of rotatable bonds is 4. The maximum atomic E-state index is 13.6. The third kappa shape index (κ3) is 2.90. The molecule has 0 spiro atoms. The smallest absolute Gasteiger partial charge is 0.158 e. The van der Waals surface area contributed by atoms with Gasteiger partial charge in [-0.15, -0.1) is 0 Å². The van der Waals surface area contributed by atoms with Crippen molar-refractivity contribution in [3.8, 4) is 0 Å². The molecule has 1 unspecified atom stereocenters. The summed E-state index contributed by atoms with van der Waals surface area (Å²) in [5.74, 6) is -1.01. The first kappa shape index (κ1) is 12.4. The highest BCUT2D eigenvalue weighted by atomic mass is 19.2. The molecule has 0 aliphatic heterocycles. The molecular weight excluding hydrogens is 194 g/mol. The minimum absolute atomic E-state index is 0.184. The summed E-state index contributed by atoms with van der Waals surface area (Å²) in [6, 6.07) is 0. The van der Waals surface area contributed by atoms with E-state index in [0.29, 0.717) is 24.0 Å². The van der Waals surface area contributed by atoms with Crippen LogP contribution in [0.5, 0.6) is 0 Å². The van der Waals surface area contributed by atoms with Crippen molar-refractivity contribution in [2.75, 3.05) is 0 Å². The van der Waals surface area contributed by atoms with Crippen molar-refractivity contribution in [3.63, 3.8) is 0 Å². The molecule has 0 saturated heterocycles. The van der Waals surface area contributed by atoms with E-state index in [4.69, 9.17) is 0 Å². The van der Waals surface area contributed by atoms with E-state index in [9.17, 15) is 8.78 Å². The second kappa shape index (κ2) is 5.43. The van der Waals surface area contributed by atoms with Gasteiger partial charge in [-0.3, -0.25) is 0 Å². The fourth-order valence-corrected chi connectivity index (χ4v) is 2.02. The van der Waals surface area contributed by atoms with Gasteiger partial charge in [-0.25, -0.2) is 8.78 Å². The highest BCUT2D eigenvalue weighted by Crippen LogP contribution is 2.36. The first-order valence-electron chi connectivity index (χ1n) is 5.82. The lowest BCUT2D eigenvalue weighted by molar-refractivity contribution is 0.466. The molecule has 1 aliphatic rings. The van der Waals surface area contributed by atoms with Crippen molar-refractivity contribution in [3.05, 3.63) is 22.8 Å². The van der Waals surface area contributed by atoms with Crippen LogP contribution >= 0.6 is 0 Å². The fraction of sp³-hybridized carbons (Fsp3) is 0.692. The molecule has 1 atom stereocenters. The molecule has 0 N–H and O–H groups in total. The summed E-state index contributed by atoms with van der Waals surface area (Å²) in [5, 5.41) is 0. The van der Waals surface area contributed by atoms with E-state index in [1.807, 2.05) is 6.92 Å². The summed E-state index contributed by atoms with van der Waals surface area (Å²) in [4.78, 5) is 0. The number of unbranched alkanes of at least 4 members (excludes halogenated alkanes) is 1. The second-order valence-electron chi connectivity index (χ2n) is 4.48. The molecule has 0 radical (unpaired) electrons. The van der Waals surface area contributed by atoms with Gasteiger partial charge >= 0.3 is 0 Å². The minimum Gasteiger partial charge on any atom is -0.204 e. The van der Waals surface area contributed by atoms with Crippen molar-refractivity contribution in [2.24, 2.45) is 5.92 Å². The van der Waals surface area contributed by atoms with Gasteiger partial charge in [0.05, 0.1) is 0 Å². The van der Waals surface area contributed by atoms with E-state index in [-0.39, 0.29) is 5.92 Å². The van der Waals surface area contributed by atoms with Gasteiger partial charge in [-0.2, -0.15) is 0 Å². The number of hydrogen-bond acceptors (Lipinski definition) is 0. The van der Waals surface area contributed by atoms with Gasteiger partial charge in [0.1, 0.15) is 0 Å². The zero-order valence-corrected chi connectivity index (χ0v) is 9.87. The van der Waals surface area contributed by atoms with Crippen LogP contribution in [0.1, 0.15) is 52.9 Å². The minimum atomic E-state index is -0.611. The normalized spacial score (nSPS) is 19.8. The lowest BCUT2D eigenvalue weighted by Gasteiger charge is -2.21. The maximum absolute atomic E-state index is 13.6. The first-order chi connectivity index (χ1) is 7.07. The van der Waals surface area contributed by atoms with Crippen LogP contribution < -0.4 is 0 Å². The van der Waals surface area contributed by atoms with Crippen LogP contribution in [0.3, 0.4) is 0 Å². The van der Waals surface area contributed by atoms with E-state index < -0.39 is 11.7 Å². The molecule has 0 nitrogen and oxygen atoms in total. The highest BCUT2D eigenvalue weighted by Gasteiger charge is 2.23. The Bertz CT molecular complexity index is 287. The summed E-state index contributed by atoms with van der Waals surface area (Å²) >= 11 is 0. The summed E-state index contributed by atoms with van der Waals surface area (Å²) in [6.45, 7) is 5.78. The topological polar surface area (TPSA) is 0 Å². The number of halogens is 2. The highest BCUT2D eigenvalue weighted by molar-refractivity contribution is 5.34. The molecule has 2 heteroatoms. The van der Waals surface area contributed by atoms with E-state index in [1.54, 1.807) is 6.92 Å². The van der Waals surface area contributed by atoms with Crippen LogP contribution in [0, 0.1) is 5.92 Å². The van der Waals surface area contributed by atoms with Crippen LogP contribution in [0.25, 0.3) is 0 Å². The van der Waals surface area contributed by atoms with E-state index >= 15 is 0 Å². The zero-order chi connectivity index (χ0) is 11.4. The molecule has 0 heterocycles. The molecule has 1 rings (SSSR count). The van der Waals surface area contributed by atoms with Gasteiger partial charge in [0.2, 0.25) is 0 Å². The monoisotopic (exact) mass is 214 g/mol. The average Bonchev–Trinajstić information content (AvgIpc) is 2.23. The molecular formula is C13H20F2. The molecule has 0 fully saturated rings. The molecule has 0 aromatic rings. The Morgan fingerprint density at radius 3 is 2.47 bits per heavy atom. The average molecular weight is 214 g/mol. The molecule has 15 heavy (non-hydrogen) atoms. The van der Waals surface area contributed by atoms with Gasteiger partial charge in [-0.05, 0) is 43.3 Å². The predicted octanol–water partition coefficient (Wildman–Crippen LogP) is 5.07. The third-order valence-corrected chi connectivity index (χ3v) is 3.20. The van der Waals surface area contributed by atoms with Gasteiger partial charge in [0.25, 0.3) is 0 Å². The fourth-order valence-electron chi connectivity index (χ4n) is 2.02. The van der Waals surface area contributed by atoms with Crippen LogP contribution in [0.15, 0.2) is 22.8 Å². The molecule has 0 saturated carbocycles. The lowest BCUT2D eigenvalue weighted by Crippen LogP contribution is -2.07. The lowest BCUT2D eigenvalue weighted by atomic mass is 9.86. The quantitative estimate of drug-likeness (QED) is 0.612. The molecule has 1 aliphatic carbocycles. The van der Waals surface area contributed by atoms with Gasteiger partial charge in [-0.1, -0.05) is 26.7 Å². The van der Waals surface area contributed by atoms with Crippen LogP contribution in [0.2, 0.25) is 0 Å². The van der Waals surface area contributed by atoms with Gasteiger partial charge < -0.3 is 0 Å². The van der Waals surface area contributed by atoms with Gasteiger partial charge in [0, 0.05) is 0 Å². The Labute approximate surface area is 91.1 Å². The van der Waals surface area contributed by atoms with E-state index in [2.05, 4.69) is 6.92 Å². The molecule has 86 valence electrons. The Morgan fingerprint density at radius 1 is 1.20 bits per heavy atom. The third-order valence-electron chi connectivity index (χ3n) is 3.20. The Kier molecular flexibility index (Phi) is 4.49. The summed E-state index contributed by atoms with van der Waals surface area (Å²) < 4.78 is 27.0. The summed E-state index contributed by atoms with van der Waals surface area (Å²) in [5.41, 5.74) is 1.24. The molecule has 0 amide bonds. The number of hydrogen-bond donors (Lipinski definition) is 0. The largest absolute Gasteiger partial charge is 0.204 e. The van der Waals surface area contributed by atoms with Crippen molar-refractivity contribution in [1.29, 1.82) is 0 Å². The van der Waals surface area contributed by atoms with Crippen LogP contribution in [0.4, 0.5) is 8.78 Å². The van der Waals surface area contributed by atoms with Crippen molar-refractivity contribution in [2.45, 2.75) is 52.9 Å². The molecule has 0 aromatic carbocycles. The Balaban J connectivity index is 2.77. The van der Waals surface area contributed by atoms with E-state index in [1.165, 1.54) is 0 Å². The van der Waals surface area contributed by atoms with E-state index in [0.717, 1.165) is 19.3 Å². The SMILES string of the molecule is CCCCC(C)C1=C(F)C(F)=C(C)CC1. The van der Waals surface area contributed by atoms with Gasteiger partial charge in [0.15, 0.2) is 11.7 Å². The Morgan fingerprint density at radius 2 is 1.87 bits per heavy atom. The summed E-state index contributed by atoms with van der Waals surface area (Å²) in [6.07, 6.45) is 4.52. The van der Waals surface area contributed by atoms with Crippen molar-refractivity contribution < 1.29 is 8.78 Å². The van der Waals surface area contributed by atoms with Crippen LogP contribution in [-0.2, 0) is 0 Å². The second-order valence-corrected chi connectivity index (χ2v) is 4.48. The van der Waals surface area contributed by atoms with Crippen molar-refractivity contribution >= 4 is 0 Å². The first-order valence-corrected chi connectivity index (χ1v) is 5.82. The maximum Gasteiger partial charge on any atom is 0.158 e. The zero-order valence-electron chi connectivity index (χ0n) is 9.87. The van der Waals surface area contributed by atoms with Crippen LogP contribution in [-0.4, -0.2) is 0 Å². The summed E-state index contributed by atoms with van der Waals surface area (Å²) in [7, 11) is 0. The standard InChI is InChI=1S/C13H20F2/c1-4-5-6-9(2)11-8-7-10(3)12(14)13(11)15/h9H,4-8H2,1-3H3. The number of allylic oxidation sites excluding steroid dienone is 4. The molecule has 0 aromatic heterocycles. The Hall–Kier alpha value is -0.660. The molecule has 0 bridgehead atoms.